The third-order valence-electron chi connectivity index (χ3n) is 3.74. The Balaban J connectivity index is 1.99. The van der Waals surface area contributed by atoms with E-state index in [4.69, 9.17) is 28.3 Å². The number of aromatic nitrogens is 2. The number of benzene rings is 1. The van der Waals surface area contributed by atoms with Crippen LogP contribution in [0.5, 0.6) is 0 Å². The van der Waals surface area contributed by atoms with E-state index in [9.17, 15) is 4.79 Å². The molecule has 0 bridgehead atoms. The maximum atomic E-state index is 11.0. The third kappa shape index (κ3) is 3.03. The summed E-state index contributed by atoms with van der Waals surface area (Å²) < 4.78 is 1.82. The van der Waals surface area contributed by atoms with Gasteiger partial charge < -0.3 is 5.11 Å². The second-order valence-electron chi connectivity index (χ2n) is 5.27. The number of hydrogen-bond acceptors (Lipinski definition) is 2. The second-order valence-corrected chi connectivity index (χ2v) is 6.12. The van der Waals surface area contributed by atoms with Gasteiger partial charge in [-0.3, -0.25) is 4.68 Å². The number of carboxylic acids is 1. The average Bonchev–Trinajstić information content (AvgIpc) is 2.86. The van der Waals surface area contributed by atoms with Crippen molar-refractivity contribution in [2.24, 2.45) is 0 Å². The number of carboxylic acid groups (broad SMARTS) is 1. The Bertz CT molecular complexity index is 766. The molecule has 0 amide bonds. The molecule has 1 N–H and O–H groups in total. The Labute approximate surface area is 138 Å². The van der Waals surface area contributed by atoms with E-state index < -0.39 is 5.97 Å². The lowest BCUT2D eigenvalue weighted by Crippen LogP contribution is -2.11. The molecule has 4 nitrogen and oxygen atoms in total. The van der Waals surface area contributed by atoms with Gasteiger partial charge in [0.15, 0.2) is 0 Å². The predicted octanol–water partition coefficient (Wildman–Crippen LogP) is 4.04. The Morgan fingerprint density at radius 1 is 1.36 bits per heavy atom. The summed E-state index contributed by atoms with van der Waals surface area (Å²) in [7, 11) is 0. The maximum Gasteiger partial charge on any atom is 0.328 e. The molecule has 0 saturated heterocycles. The van der Waals surface area contributed by atoms with Crippen LogP contribution in [0.1, 0.15) is 29.7 Å². The highest BCUT2D eigenvalue weighted by atomic mass is 35.5. The average molecular weight is 337 g/mol. The van der Waals surface area contributed by atoms with Crippen LogP contribution in [-0.4, -0.2) is 20.9 Å². The number of hydrogen-bond donors (Lipinski definition) is 1. The molecule has 1 aromatic heterocycles. The van der Waals surface area contributed by atoms with Crippen LogP contribution in [0.25, 0.3) is 5.57 Å². The minimum atomic E-state index is -0.930. The second kappa shape index (κ2) is 6.15. The van der Waals surface area contributed by atoms with Crippen LogP contribution < -0.4 is 0 Å². The number of halogens is 2. The van der Waals surface area contributed by atoms with Crippen molar-refractivity contribution in [3.05, 3.63) is 57.3 Å². The van der Waals surface area contributed by atoms with Gasteiger partial charge in [-0.1, -0.05) is 29.3 Å². The molecular formula is C16H14Cl2N2O2. The zero-order valence-corrected chi connectivity index (χ0v) is 13.2. The van der Waals surface area contributed by atoms with Crippen LogP contribution in [0, 0.1) is 0 Å². The number of carbonyl (C=O) groups is 1. The van der Waals surface area contributed by atoms with Crippen molar-refractivity contribution < 1.29 is 9.90 Å². The molecule has 22 heavy (non-hydrogen) atoms. The van der Waals surface area contributed by atoms with Crippen molar-refractivity contribution in [1.29, 1.82) is 0 Å². The van der Waals surface area contributed by atoms with Crippen LogP contribution in [0.15, 0.2) is 30.5 Å². The Hall–Kier alpha value is -1.78. The zero-order valence-electron chi connectivity index (χ0n) is 11.7. The Morgan fingerprint density at radius 3 is 2.91 bits per heavy atom. The molecule has 114 valence electrons. The van der Waals surface area contributed by atoms with Gasteiger partial charge in [-0.25, -0.2) is 4.79 Å². The first kappa shape index (κ1) is 15.1. The smallest absolute Gasteiger partial charge is 0.328 e. The fourth-order valence-corrected chi connectivity index (χ4v) is 3.26. The van der Waals surface area contributed by atoms with Gasteiger partial charge in [0.2, 0.25) is 0 Å². The Morgan fingerprint density at radius 2 is 2.18 bits per heavy atom. The number of nitrogens with zero attached hydrogens (tertiary/aromatic N) is 2. The van der Waals surface area contributed by atoms with E-state index in [1.54, 1.807) is 12.1 Å². The molecule has 1 aromatic carbocycles. The van der Waals surface area contributed by atoms with Crippen molar-refractivity contribution in [3.8, 4) is 0 Å². The highest BCUT2D eigenvalue weighted by Crippen LogP contribution is 2.31. The van der Waals surface area contributed by atoms with Crippen LogP contribution in [0.2, 0.25) is 10.0 Å². The summed E-state index contributed by atoms with van der Waals surface area (Å²) >= 11 is 12.1. The molecule has 0 fully saturated rings. The third-order valence-corrected chi connectivity index (χ3v) is 4.33. The number of allylic oxidation sites excluding steroid dienone is 1. The quantitative estimate of drug-likeness (QED) is 0.860. The largest absolute Gasteiger partial charge is 0.478 e. The molecule has 1 aliphatic rings. The van der Waals surface area contributed by atoms with Gasteiger partial charge in [0, 0.05) is 16.1 Å². The fourth-order valence-electron chi connectivity index (χ4n) is 2.79. The molecule has 0 aliphatic heterocycles. The molecule has 0 spiro atoms. The normalized spacial score (nSPS) is 15.8. The first-order chi connectivity index (χ1) is 10.5. The minimum absolute atomic E-state index is 0.488. The van der Waals surface area contributed by atoms with Crippen LogP contribution >= 0.6 is 23.2 Å². The lowest BCUT2D eigenvalue weighted by atomic mass is 9.92. The van der Waals surface area contributed by atoms with Gasteiger partial charge in [-0.2, -0.15) is 5.10 Å². The van der Waals surface area contributed by atoms with Crippen molar-refractivity contribution in [1.82, 2.24) is 9.78 Å². The van der Waals surface area contributed by atoms with Crippen molar-refractivity contribution >= 4 is 34.7 Å². The molecule has 3 rings (SSSR count). The minimum Gasteiger partial charge on any atom is -0.478 e. The SMILES string of the molecule is O=C(O)C=C1CCCc2cnn(Cc3ccc(Cl)cc3Cl)c21. The molecule has 0 atom stereocenters. The molecular weight excluding hydrogens is 323 g/mol. The van der Waals surface area contributed by atoms with E-state index in [1.165, 1.54) is 6.08 Å². The number of aryl methyl sites for hydroxylation is 1. The highest BCUT2D eigenvalue weighted by molar-refractivity contribution is 6.35. The fraction of sp³-hybridized carbons (Fsp3) is 0.250. The van der Waals surface area contributed by atoms with Gasteiger partial charge in [0.25, 0.3) is 0 Å². The van der Waals surface area contributed by atoms with Gasteiger partial charge >= 0.3 is 5.97 Å². The van der Waals surface area contributed by atoms with E-state index in [0.29, 0.717) is 16.6 Å². The summed E-state index contributed by atoms with van der Waals surface area (Å²) in [5, 5.41) is 14.6. The standard InChI is InChI=1S/C16H14Cl2N2O2/c17-13-5-4-12(14(18)7-13)9-20-16-10(6-15(21)22)2-1-3-11(16)8-19-20/h4-8H,1-3,9H2,(H,21,22). The number of aliphatic carboxylic acids is 1. The first-order valence-electron chi connectivity index (χ1n) is 6.97. The highest BCUT2D eigenvalue weighted by Gasteiger charge is 2.21. The van der Waals surface area contributed by atoms with Crippen LogP contribution in [-0.2, 0) is 17.8 Å². The summed E-state index contributed by atoms with van der Waals surface area (Å²) in [6.45, 7) is 0.488. The van der Waals surface area contributed by atoms with Gasteiger partial charge in [0.1, 0.15) is 0 Å². The van der Waals surface area contributed by atoms with E-state index in [1.807, 2.05) is 16.9 Å². The van der Waals surface area contributed by atoms with Gasteiger partial charge in [0.05, 0.1) is 18.4 Å². The monoisotopic (exact) mass is 336 g/mol. The summed E-state index contributed by atoms with van der Waals surface area (Å²) in [5.41, 5.74) is 3.71. The number of fused-ring (bicyclic) bond motifs is 1. The molecule has 2 aromatic rings. The van der Waals surface area contributed by atoms with Crippen molar-refractivity contribution in [3.63, 3.8) is 0 Å². The van der Waals surface area contributed by atoms with Crippen LogP contribution in [0.4, 0.5) is 0 Å². The first-order valence-corrected chi connectivity index (χ1v) is 7.72. The zero-order chi connectivity index (χ0) is 15.7. The maximum absolute atomic E-state index is 11.0. The lowest BCUT2D eigenvalue weighted by Gasteiger charge is -2.17. The molecule has 6 heteroatoms. The Kier molecular flexibility index (Phi) is 4.23. The van der Waals surface area contributed by atoms with Crippen LogP contribution in [0.3, 0.4) is 0 Å². The summed E-state index contributed by atoms with van der Waals surface area (Å²) in [6, 6.07) is 5.34. The lowest BCUT2D eigenvalue weighted by molar-refractivity contribution is -0.131. The molecule has 1 aliphatic carbocycles. The molecule has 1 heterocycles. The topological polar surface area (TPSA) is 55.1 Å². The molecule has 0 unspecified atom stereocenters. The van der Waals surface area contributed by atoms with Gasteiger partial charge in [-0.15, -0.1) is 0 Å². The summed E-state index contributed by atoms with van der Waals surface area (Å²) in [4.78, 5) is 11.0. The van der Waals surface area contributed by atoms with E-state index in [0.717, 1.165) is 41.7 Å². The molecule has 0 saturated carbocycles. The van der Waals surface area contributed by atoms with Crippen molar-refractivity contribution in [2.45, 2.75) is 25.8 Å². The van der Waals surface area contributed by atoms with Crippen molar-refractivity contribution in [2.75, 3.05) is 0 Å². The predicted molar refractivity (Wildman–Crippen MR) is 86.3 cm³/mol. The van der Waals surface area contributed by atoms with E-state index >= 15 is 0 Å². The summed E-state index contributed by atoms with van der Waals surface area (Å²) in [6.07, 6.45) is 5.70. The number of rotatable bonds is 3. The summed E-state index contributed by atoms with van der Waals surface area (Å²) in [5.74, 6) is -0.930. The van der Waals surface area contributed by atoms with Gasteiger partial charge in [-0.05, 0) is 48.1 Å². The van der Waals surface area contributed by atoms with E-state index in [-0.39, 0.29) is 0 Å². The van der Waals surface area contributed by atoms with E-state index in [2.05, 4.69) is 5.10 Å². The molecule has 0 radical (unpaired) electrons.